The Morgan fingerprint density at radius 1 is 1.13 bits per heavy atom. The normalized spacial score (nSPS) is 17.2. The first-order valence-corrected chi connectivity index (χ1v) is 12.6. The molecular weight excluding hydrogens is 504 g/mol. The number of likely N-dealkylation sites (tertiary alicyclic amines) is 1. The lowest BCUT2D eigenvalue weighted by Crippen LogP contribution is -2.50. The van der Waals surface area contributed by atoms with Crippen LogP contribution in [0.3, 0.4) is 0 Å². The van der Waals surface area contributed by atoms with Gasteiger partial charge in [0.25, 0.3) is 5.91 Å². The van der Waals surface area contributed by atoms with Crippen LogP contribution in [0.25, 0.3) is 0 Å². The molecule has 11 heteroatoms. The lowest BCUT2D eigenvalue weighted by Gasteiger charge is -2.27. The fourth-order valence-corrected chi connectivity index (χ4v) is 4.36. The highest BCUT2D eigenvalue weighted by molar-refractivity contribution is 6.00. The van der Waals surface area contributed by atoms with Crippen LogP contribution < -0.4 is 15.4 Å². The maximum absolute atomic E-state index is 13.1. The predicted molar refractivity (Wildman–Crippen MR) is 142 cm³/mol. The Balaban J connectivity index is 1.37. The smallest absolute Gasteiger partial charge is 0.339 e. The van der Waals surface area contributed by atoms with Crippen LogP contribution in [-0.2, 0) is 11.3 Å². The van der Waals surface area contributed by atoms with Crippen molar-refractivity contribution < 1.29 is 33.5 Å². The number of ether oxygens (including phenoxy) is 2. The van der Waals surface area contributed by atoms with Crippen molar-refractivity contribution in [3.8, 4) is 5.75 Å². The third-order valence-electron chi connectivity index (χ3n) is 6.67. The maximum atomic E-state index is 13.1. The van der Waals surface area contributed by atoms with Crippen molar-refractivity contribution in [2.45, 2.75) is 45.4 Å². The highest BCUT2D eigenvalue weighted by Gasteiger charge is 2.30. The van der Waals surface area contributed by atoms with Gasteiger partial charge in [0.05, 0.1) is 41.8 Å². The molecule has 11 nitrogen and oxygen atoms in total. The zero-order valence-electron chi connectivity index (χ0n) is 22.1. The molecule has 2 aromatic carbocycles. The first-order chi connectivity index (χ1) is 18.8. The number of anilines is 1. The summed E-state index contributed by atoms with van der Waals surface area (Å²) in [5.41, 5.74) is 2.57. The van der Waals surface area contributed by atoms with Gasteiger partial charge in [-0.1, -0.05) is 17.3 Å². The van der Waals surface area contributed by atoms with Crippen LogP contribution in [0.15, 0.2) is 53.1 Å². The van der Waals surface area contributed by atoms with Crippen molar-refractivity contribution in [1.82, 2.24) is 15.4 Å². The molecule has 206 valence electrons. The summed E-state index contributed by atoms with van der Waals surface area (Å²) in [6, 6.07) is 12.1. The van der Waals surface area contributed by atoms with Crippen LogP contribution in [0, 0.1) is 13.8 Å². The zero-order chi connectivity index (χ0) is 27.9. The number of benzene rings is 2. The lowest BCUT2D eigenvalue weighted by molar-refractivity contribution is 0.0601. The van der Waals surface area contributed by atoms with Crippen LogP contribution in [0.4, 0.5) is 10.5 Å². The minimum Gasteiger partial charge on any atom is -0.489 e. The van der Waals surface area contributed by atoms with Crippen LogP contribution >= 0.6 is 0 Å². The van der Waals surface area contributed by atoms with E-state index in [-0.39, 0.29) is 18.0 Å². The largest absolute Gasteiger partial charge is 0.489 e. The van der Waals surface area contributed by atoms with E-state index in [1.54, 1.807) is 48.5 Å². The number of hydrogen-bond donors (Lipinski definition) is 3. The molecule has 0 aliphatic carbocycles. The fraction of sp³-hybridized carbons (Fsp3) is 0.357. The number of amides is 3. The second-order valence-electron chi connectivity index (χ2n) is 9.32. The molecule has 2 atom stereocenters. The van der Waals surface area contributed by atoms with Crippen molar-refractivity contribution in [1.29, 1.82) is 0 Å². The Hall–Kier alpha value is -4.38. The summed E-state index contributed by atoms with van der Waals surface area (Å²) in [5, 5.41) is 20.2. The number of aliphatic hydroxyl groups excluding tert-OH is 1. The van der Waals surface area contributed by atoms with Gasteiger partial charge in [0.2, 0.25) is 0 Å². The van der Waals surface area contributed by atoms with E-state index in [1.165, 1.54) is 12.0 Å². The molecule has 4 rings (SSSR count). The molecule has 1 aliphatic heterocycles. The predicted octanol–water partition coefficient (Wildman–Crippen LogP) is 3.44. The molecular formula is C28H32N4O7. The van der Waals surface area contributed by atoms with E-state index in [4.69, 9.17) is 14.0 Å². The highest BCUT2D eigenvalue weighted by Crippen LogP contribution is 2.20. The monoisotopic (exact) mass is 536 g/mol. The molecule has 1 fully saturated rings. The number of aliphatic hydroxyl groups is 1. The number of methoxy groups -OCH3 is 1. The third-order valence-corrected chi connectivity index (χ3v) is 6.67. The molecule has 0 radical (unpaired) electrons. The van der Waals surface area contributed by atoms with E-state index < -0.39 is 24.1 Å². The van der Waals surface area contributed by atoms with Gasteiger partial charge in [0, 0.05) is 18.7 Å². The van der Waals surface area contributed by atoms with E-state index >= 15 is 0 Å². The Bertz CT molecular complexity index is 1300. The Morgan fingerprint density at radius 3 is 2.56 bits per heavy atom. The highest BCUT2D eigenvalue weighted by atomic mass is 16.5. The fourth-order valence-electron chi connectivity index (χ4n) is 4.36. The maximum Gasteiger partial charge on any atom is 0.339 e. The molecule has 3 amide bonds. The average Bonchev–Trinajstić information content (AvgIpc) is 3.14. The second-order valence-corrected chi connectivity index (χ2v) is 9.32. The number of hydrogen-bond acceptors (Lipinski definition) is 8. The summed E-state index contributed by atoms with van der Waals surface area (Å²) in [6.45, 7) is 4.43. The van der Waals surface area contributed by atoms with Crippen molar-refractivity contribution in [3.63, 3.8) is 0 Å². The number of urea groups is 1. The van der Waals surface area contributed by atoms with Crippen LogP contribution in [0.5, 0.6) is 5.75 Å². The summed E-state index contributed by atoms with van der Waals surface area (Å²) >= 11 is 0. The van der Waals surface area contributed by atoms with Gasteiger partial charge in [0.15, 0.2) is 0 Å². The molecule has 2 unspecified atom stereocenters. The number of para-hydroxylation sites is 1. The third kappa shape index (κ3) is 6.74. The molecule has 1 saturated heterocycles. The molecule has 1 aliphatic rings. The Kier molecular flexibility index (Phi) is 8.82. The molecule has 2 heterocycles. The van der Waals surface area contributed by atoms with Gasteiger partial charge in [-0.25, -0.2) is 9.59 Å². The summed E-state index contributed by atoms with van der Waals surface area (Å²) in [4.78, 5) is 39.6. The van der Waals surface area contributed by atoms with Gasteiger partial charge in [-0.3, -0.25) is 4.79 Å². The number of rotatable bonds is 7. The summed E-state index contributed by atoms with van der Waals surface area (Å²) in [7, 11) is 1.27. The van der Waals surface area contributed by atoms with Crippen LogP contribution in [0.2, 0.25) is 0 Å². The van der Waals surface area contributed by atoms with Gasteiger partial charge in [-0.15, -0.1) is 0 Å². The van der Waals surface area contributed by atoms with Gasteiger partial charge in [-0.05, 0) is 63.1 Å². The van der Waals surface area contributed by atoms with Crippen molar-refractivity contribution in [2.75, 3.05) is 25.5 Å². The zero-order valence-corrected chi connectivity index (χ0v) is 22.1. The summed E-state index contributed by atoms with van der Waals surface area (Å²) < 4.78 is 15.7. The first-order valence-electron chi connectivity index (χ1n) is 12.6. The SMILES string of the molecule is COC(=O)c1ccccc1NC(=O)N1CCCC(O)C(NC(=O)c2ccc(OCc3c(C)noc3C)cc2)C1. The molecule has 0 spiro atoms. The first kappa shape index (κ1) is 27.6. The molecule has 3 N–H and O–H groups in total. The molecule has 0 bridgehead atoms. The molecule has 0 saturated carbocycles. The van der Waals surface area contributed by atoms with Crippen molar-refractivity contribution in [2.24, 2.45) is 0 Å². The summed E-state index contributed by atoms with van der Waals surface area (Å²) in [5.74, 6) is 0.328. The number of nitrogens with zero attached hydrogens (tertiary/aromatic N) is 2. The van der Waals surface area contributed by atoms with Gasteiger partial charge < -0.3 is 34.6 Å². The van der Waals surface area contributed by atoms with Crippen LogP contribution in [0.1, 0.15) is 50.6 Å². The number of aromatic nitrogens is 1. The van der Waals surface area contributed by atoms with E-state index in [1.807, 2.05) is 13.8 Å². The van der Waals surface area contributed by atoms with Gasteiger partial charge >= 0.3 is 12.0 Å². The van der Waals surface area contributed by atoms with Gasteiger partial charge in [-0.2, -0.15) is 0 Å². The lowest BCUT2D eigenvalue weighted by atomic mass is 10.1. The van der Waals surface area contributed by atoms with E-state index in [2.05, 4.69) is 15.8 Å². The second kappa shape index (κ2) is 12.4. The van der Waals surface area contributed by atoms with E-state index in [0.29, 0.717) is 48.8 Å². The molecule has 39 heavy (non-hydrogen) atoms. The number of carbonyl (C=O) groups excluding carboxylic acids is 3. The summed E-state index contributed by atoms with van der Waals surface area (Å²) in [6.07, 6.45) is 0.144. The topological polar surface area (TPSA) is 143 Å². The quantitative estimate of drug-likeness (QED) is 0.390. The van der Waals surface area contributed by atoms with E-state index in [0.717, 1.165) is 11.3 Å². The number of esters is 1. The molecule has 1 aromatic heterocycles. The Labute approximate surface area is 226 Å². The average molecular weight is 537 g/mol. The standard InChI is InChI=1S/C28H32N4O7/c1-17-22(18(2)39-31-17)16-38-20-12-10-19(11-13-20)26(34)29-24-15-32(14-6-9-25(24)33)28(36)30-23-8-5-4-7-21(23)27(35)37-3/h4-5,7-8,10-13,24-25,33H,6,9,14-16H2,1-3H3,(H,29,34)(H,30,36). The number of aryl methyl sites for hydroxylation is 2. The minimum atomic E-state index is -0.827. The minimum absolute atomic E-state index is 0.0950. The van der Waals surface area contributed by atoms with Crippen molar-refractivity contribution in [3.05, 3.63) is 76.7 Å². The van der Waals surface area contributed by atoms with Gasteiger partial charge in [0.1, 0.15) is 18.1 Å². The Morgan fingerprint density at radius 2 is 1.87 bits per heavy atom. The number of carbonyl (C=O) groups is 3. The van der Waals surface area contributed by atoms with Crippen molar-refractivity contribution >= 4 is 23.6 Å². The van der Waals surface area contributed by atoms with Crippen LogP contribution in [-0.4, -0.2) is 65.4 Å². The van der Waals surface area contributed by atoms with E-state index in [9.17, 15) is 19.5 Å². The molecule has 3 aromatic rings. The number of nitrogens with one attached hydrogen (secondary N) is 2.